The summed E-state index contributed by atoms with van der Waals surface area (Å²) in [6.07, 6.45) is 0. The van der Waals surface area contributed by atoms with E-state index in [9.17, 15) is 35.4 Å². The van der Waals surface area contributed by atoms with Crippen molar-refractivity contribution in [2.75, 3.05) is 0 Å². The molecule has 0 spiro atoms. The number of hydrogen-bond donors (Lipinski definition) is 6. The van der Waals surface area contributed by atoms with Crippen molar-refractivity contribution >= 4 is 5.78 Å². The molecule has 0 aliphatic carbocycles. The Morgan fingerprint density at radius 1 is 0.700 bits per heavy atom. The third kappa shape index (κ3) is 2.01. The van der Waals surface area contributed by atoms with Gasteiger partial charge in [0.2, 0.25) is 5.78 Å². The Hall–Kier alpha value is -3.09. The van der Waals surface area contributed by atoms with Crippen LogP contribution in [0.5, 0.6) is 34.5 Å². The molecule has 0 amide bonds. The summed E-state index contributed by atoms with van der Waals surface area (Å²) in [4.78, 5) is 12.1. The Morgan fingerprint density at radius 2 is 1.20 bits per heavy atom. The number of phenols is 6. The number of rotatable bonds is 2. The molecule has 0 fully saturated rings. The smallest absolute Gasteiger partial charge is 0.200 e. The van der Waals surface area contributed by atoms with Crippen molar-refractivity contribution in [1.82, 2.24) is 0 Å². The molecular formula is C13H10O7. The van der Waals surface area contributed by atoms with Crippen LogP contribution in [0.4, 0.5) is 0 Å². The predicted molar refractivity (Wildman–Crippen MR) is 66.3 cm³/mol. The van der Waals surface area contributed by atoms with Gasteiger partial charge in [-0.15, -0.1) is 0 Å². The summed E-state index contributed by atoms with van der Waals surface area (Å²) in [6, 6.07) is 3.69. The summed E-state index contributed by atoms with van der Waals surface area (Å²) in [5.74, 6) is -5.27. The lowest BCUT2D eigenvalue weighted by Gasteiger charge is -2.09. The summed E-state index contributed by atoms with van der Waals surface area (Å²) in [5, 5.41) is 56.3. The van der Waals surface area contributed by atoms with Crippen LogP contribution >= 0.6 is 0 Å². The van der Waals surface area contributed by atoms with Gasteiger partial charge in [0.25, 0.3) is 0 Å². The molecule has 0 aliphatic rings. The van der Waals surface area contributed by atoms with Crippen molar-refractivity contribution in [2.45, 2.75) is 0 Å². The average molecular weight is 278 g/mol. The van der Waals surface area contributed by atoms with Crippen LogP contribution in [0.15, 0.2) is 24.3 Å². The first-order chi connectivity index (χ1) is 9.32. The maximum absolute atomic E-state index is 12.1. The minimum Gasteiger partial charge on any atom is -0.507 e. The van der Waals surface area contributed by atoms with Gasteiger partial charge in [0.15, 0.2) is 28.7 Å². The molecule has 0 aromatic heterocycles. The Balaban J connectivity index is 2.61. The van der Waals surface area contributed by atoms with Crippen LogP contribution in [0.3, 0.4) is 0 Å². The minimum absolute atomic E-state index is 0.297. The number of phenolic OH excluding ortho intramolecular Hbond substituents is 6. The second-order valence-electron chi connectivity index (χ2n) is 4.02. The number of aromatic hydroxyl groups is 6. The predicted octanol–water partition coefficient (Wildman–Crippen LogP) is 1.15. The van der Waals surface area contributed by atoms with Gasteiger partial charge in [-0.2, -0.15) is 0 Å². The Morgan fingerprint density at radius 3 is 1.75 bits per heavy atom. The van der Waals surface area contributed by atoms with E-state index in [4.69, 9.17) is 0 Å². The van der Waals surface area contributed by atoms with Gasteiger partial charge in [-0.25, -0.2) is 0 Å². The Bertz CT molecular complexity index is 683. The Labute approximate surface area is 112 Å². The minimum atomic E-state index is -0.957. The number of ketones is 1. The van der Waals surface area contributed by atoms with E-state index in [0.29, 0.717) is 0 Å². The molecule has 0 unspecified atom stereocenters. The summed E-state index contributed by atoms with van der Waals surface area (Å²) in [5.41, 5.74) is -0.886. The van der Waals surface area contributed by atoms with Gasteiger partial charge in [0.1, 0.15) is 11.3 Å². The van der Waals surface area contributed by atoms with Crippen molar-refractivity contribution in [3.63, 3.8) is 0 Å². The van der Waals surface area contributed by atoms with Crippen LogP contribution in [-0.4, -0.2) is 36.4 Å². The summed E-state index contributed by atoms with van der Waals surface area (Å²) in [7, 11) is 0. The zero-order chi connectivity index (χ0) is 15.0. The first kappa shape index (κ1) is 13.3. The summed E-state index contributed by atoms with van der Waals surface area (Å²) < 4.78 is 0. The number of carbonyl (C=O) groups is 1. The summed E-state index contributed by atoms with van der Waals surface area (Å²) in [6.45, 7) is 0. The SMILES string of the molecule is O=C(c1cc(O)c(O)c(O)c1)c1c(O)ccc(O)c1O. The van der Waals surface area contributed by atoms with Crippen LogP contribution in [-0.2, 0) is 0 Å². The standard InChI is InChI=1S/C13H10O7/c14-6-1-2-7(15)13(20)10(6)11(18)5-3-8(16)12(19)9(17)4-5/h1-4,14-17,19-20H. The zero-order valence-corrected chi connectivity index (χ0v) is 9.90. The van der Waals surface area contributed by atoms with E-state index in [0.717, 1.165) is 24.3 Å². The first-order valence-electron chi connectivity index (χ1n) is 5.36. The molecule has 0 atom stereocenters. The Kier molecular flexibility index (Phi) is 3.03. The molecule has 20 heavy (non-hydrogen) atoms. The van der Waals surface area contributed by atoms with Gasteiger partial charge in [-0.1, -0.05) is 0 Å². The lowest BCUT2D eigenvalue weighted by atomic mass is 10.00. The van der Waals surface area contributed by atoms with Crippen molar-refractivity contribution in [1.29, 1.82) is 0 Å². The molecule has 2 rings (SSSR count). The average Bonchev–Trinajstić information content (AvgIpc) is 2.40. The molecule has 0 bridgehead atoms. The highest BCUT2D eigenvalue weighted by molar-refractivity contribution is 6.13. The van der Waals surface area contributed by atoms with Crippen LogP contribution in [0, 0.1) is 0 Å². The van der Waals surface area contributed by atoms with Gasteiger partial charge < -0.3 is 30.6 Å². The third-order valence-corrected chi connectivity index (χ3v) is 2.69. The molecule has 2 aromatic carbocycles. The fraction of sp³-hybridized carbons (Fsp3) is 0. The molecule has 104 valence electrons. The molecular weight excluding hydrogens is 268 g/mol. The molecule has 0 saturated heterocycles. The zero-order valence-electron chi connectivity index (χ0n) is 9.90. The molecule has 0 aliphatic heterocycles. The maximum Gasteiger partial charge on any atom is 0.200 e. The lowest BCUT2D eigenvalue weighted by Crippen LogP contribution is -2.02. The van der Waals surface area contributed by atoms with E-state index in [-0.39, 0.29) is 5.56 Å². The topological polar surface area (TPSA) is 138 Å². The van der Waals surface area contributed by atoms with Crippen molar-refractivity contribution in [3.05, 3.63) is 35.4 Å². The van der Waals surface area contributed by atoms with Crippen molar-refractivity contribution < 1.29 is 35.4 Å². The lowest BCUT2D eigenvalue weighted by molar-refractivity contribution is 0.103. The highest BCUT2D eigenvalue weighted by Crippen LogP contribution is 2.40. The molecule has 0 saturated carbocycles. The first-order valence-corrected chi connectivity index (χ1v) is 5.36. The van der Waals surface area contributed by atoms with Crippen LogP contribution < -0.4 is 0 Å². The van der Waals surface area contributed by atoms with E-state index in [2.05, 4.69) is 0 Å². The highest BCUT2D eigenvalue weighted by atomic mass is 16.3. The number of hydrogen-bond acceptors (Lipinski definition) is 7. The number of benzene rings is 2. The second-order valence-corrected chi connectivity index (χ2v) is 4.02. The molecule has 2 aromatic rings. The quantitative estimate of drug-likeness (QED) is 0.275. The molecule has 7 heteroatoms. The monoisotopic (exact) mass is 278 g/mol. The van der Waals surface area contributed by atoms with Gasteiger partial charge in [-0.05, 0) is 24.3 Å². The van der Waals surface area contributed by atoms with Crippen LogP contribution in [0.2, 0.25) is 0 Å². The molecule has 0 radical (unpaired) electrons. The molecule has 6 N–H and O–H groups in total. The van der Waals surface area contributed by atoms with Crippen molar-refractivity contribution in [3.8, 4) is 34.5 Å². The normalized spacial score (nSPS) is 10.4. The van der Waals surface area contributed by atoms with E-state index in [1.54, 1.807) is 0 Å². The van der Waals surface area contributed by atoms with Crippen LogP contribution in [0.1, 0.15) is 15.9 Å². The fourth-order valence-corrected chi connectivity index (χ4v) is 1.67. The molecule has 0 heterocycles. The highest BCUT2D eigenvalue weighted by Gasteiger charge is 2.23. The van der Waals surface area contributed by atoms with E-state index in [1.807, 2.05) is 0 Å². The van der Waals surface area contributed by atoms with Gasteiger partial charge in [-0.3, -0.25) is 4.79 Å². The van der Waals surface area contributed by atoms with E-state index in [1.165, 1.54) is 0 Å². The van der Waals surface area contributed by atoms with Crippen LogP contribution in [0.25, 0.3) is 0 Å². The van der Waals surface area contributed by atoms with E-state index >= 15 is 0 Å². The molecule has 7 nitrogen and oxygen atoms in total. The van der Waals surface area contributed by atoms with Gasteiger partial charge in [0, 0.05) is 5.56 Å². The van der Waals surface area contributed by atoms with Gasteiger partial charge >= 0.3 is 0 Å². The van der Waals surface area contributed by atoms with Gasteiger partial charge in [0.05, 0.1) is 0 Å². The fourth-order valence-electron chi connectivity index (χ4n) is 1.67. The summed E-state index contributed by atoms with van der Waals surface area (Å²) >= 11 is 0. The second kappa shape index (κ2) is 4.54. The third-order valence-electron chi connectivity index (χ3n) is 2.69. The largest absolute Gasteiger partial charge is 0.507 e. The van der Waals surface area contributed by atoms with Crippen molar-refractivity contribution in [2.24, 2.45) is 0 Å². The number of carbonyl (C=O) groups excluding carboxylic acids is 1. The maximum atomic E-state index is 12.1. The van der Waals surface area contributed by atoms with E-state index < -0.39 is 45.8 Å².